The van der Waals surface area contributed by atoms with Crippen LogP contribution in [-0.4, -0.2) is 35.8 Å². The molecule has 1 amide bonds. The second kappa shape index (κ2) is 7.33. The summed E-state index contributed by atoms with van der Waals surface area (Å²) in [4.78, 5) is 12.2. The summed E-state index contributed by atoms with van der Waals surface area (Å²) < 4.78 is 0. The van der Waals surface area contributed by atoms with E-state index in [1.165, 1.54) is 0 Å². The Labute approximate surface area is 151 Å². The van der Waals surface area contributed by atoms with E-state index in [2.05, 4.69) is 10.6 Å². The van der Waals surface area contributed by atoms with Crippen molar-refractivity contribution in [1.29, 1.82) is 0 Å². The molecule has 2 aromatic carbocycles. The Hall–Kier alpha value is -2.24. The summed E-state index contributed by atoms with van der Waals surface area (Å²) in [7, 11) is 0. The number of phenolic OH excluding ortho intramolecular Hbond substituents is 2. The molecule has 6 heteroatoms. The van der Waals surface area contributed by atoms with Gasteiger partial charge in [0, 0.05) is 19.0 Å². The van der Waals surface area contributed by atoms with Gasteiger partial charge in [0.15, 0.2) is 0 Å². The van der Waals surface area contributed by atoms with Crippen molar-refractivity contribution in [2.45, 2.75) is 19.3 Å². The maximum absolute atomic E-state index is 12.2. The minimum Gasteiger partial charge on any atom is -0.508 e. The van der Waals surface area contributed by atoms with Gasteiger partial charge in [-0.2, -0.15) is 0 Å². The van der Waals surface area contributed by atoms with Crippen LogP contribution in [0.3, 0.4) is 0 Å². The lowest BCUT2D eigenvalue weighted by molar-refractivity contribution is 0.0953. The monoisotopic (exact) mass is 360 g/mol. The van der Waals surface area contributed by atoms with Crippen molar-refractivity contribution in [2.24, 2.45) is 0 Å². The summed E-state index contributed by atoms with van der Waals surface area (Å²) in [6.07, 6.45) is 0.676. The number of aromatic hydroxyl groups is 2. The number of hydrogen-bond acceptors (Lipinski definition) is 4. The molecular formula is C19H21ClN2O3. The van der Waals surface area contributed by atoms with Crippen LogP contribution >= 0.6 is 11.6 Å². The van der Waals surface area contributed by atoms with Gasteiger partial charge in [-0.1, -0.05) is 23.7 Å². The fourth-order valence-corrected chi connectivity index (χ4v) is 3.69. The smallest absolute Gasteiger partial charge is 0.256 e. The normalized spacial score (nSPS) is 16.8. The van der Waals surface area contributed by atoms with Gasteiger partial charge in [0.1, 0.15) is 11.5 Å². The van der Waals surface area contributed by atoms with Gasteiger partial charge < -0.3 is 20.8 Å². The maximum Gasteiger partial charge on any atom is 0.256 e. The summed E-state index contributed by atoms with van der Waals surface area (Å²) in [6, 6.07) is 8.66. The second-order valence-corrected chi connectivity index (χ2v) is 6.49. The van der Waals surface area contributed by atoms with Gasteiger partial charge >= 0.3 is 0 Å². The van der Waals surface area contributed by atoms with Crippen LogP contribution in [0.25, 0.3) is 0 Å². The van der Waals surface area contributed by atoms with E-state index >= 15 is 0 Å². The number of amides is 1. The molecule has 3 rings (SSSR count). The first-order chi connectivity index (χ1) is 12.0. The summed E-state index contributed by atoms with van der Waals surface area (Å²) in [5.41, 5.74) is 2.93. The Morgan fingerprint density at radius 3 is 2.72 bits per heavy atom. The molecule has 0 aromatic heterocycles. The van der Waals surface area contributed by atoms with Crippen LogP contribution in [0.1, 0.15) is 39.9 Å². The Bertz CT molecular complexity index is 790. The molecule has 0 aliphatic carbocycles. The van der Waals surface area contributed by atoms with Crippen molar-refractivity contribution in [1.82, 2.24) is 10.6 Å². The summed E-state index contributed by atoms with van der Waals surface area (Å²) >= 11 is 6.52. The standard InChI is InChI=1S/C19H21ClN2O3/c1-2-22-19(25)17-16(24)9-14-13(18(17)20)7-8-21-10-15(14)11-3-5-12(23)6-4-11/h3-6,9,15,21,23-24H,2,7-8,10H2,1H3,(H,22,25)/t15-/m1/s1. The number of nitrogens with one attached hydrogen (secondary N) is 2. The highest BCUT2D eigenvalue weighted by Gasteiger charge is 2.27. The highest BCUT2D eigenvalue weighted by atomic mass is 35.5. The first kappa shape index (κ1) is 17.6. The molecule has 1 aliphatic heterocycles. The summed E-state index contributed by atoms with van der Waals surface area (Å²) in [6.45, 7) is 3.70. The molecule has 0 spiro atoms. The molecule has 5 nitrogen and oxygen atoms in total. The predicted octanol–water partition coefficient (Wildman–Crippen LogP) is 2.78. The van der Waals surface area contributed by atoms with E-state index in [9.17, 15) is 15.0 Å². The molecule has 1 aliphatic rings. The third-order valence-electron chi connectivity index (χ3n) is 4.52. The van der Waals surface area contributed by atoms with Gasteiger partial charge in [-0.05, 0) is 54.8 Å². The first-order valence-corrected chi connectivity index (χ1v) is 8.72. The molecule has 0 bridgehead atoms. The zero-order valence-electron chi connectivity index (χ0n) is 14.0. The van der Waals surface area contributed by atoms with Gasteiger partial charge in [-0.3, -0.25) is 4.79 Å². The second-order valence-electron chi connectivity index (χ2n) is 6.11. The molecule has 132 valence electrons. The van der Waals surface area contributed by atoms with Gasteiger partial charge in [-0.25, -0.2) is 0 Å². The van der Waals surface area contributed by atoms with E-state index in [4.69, 9.17) is 11.6 Å². The molecule has 0 radical (unpaired) electrons. The molecule has 0 saturated heterocycles. The third kappa shape index (κ3) is 3.43. The Morgan fingerprint density at radius 2 is 2.04 bits per heavy atom. The number of benzene rings is 2. The van der Waals surface area contributed by atoms with Crippen LogP contribution < -0.4 is 10.6 Å². The first-order valence-electron chi connectivity index (χ1n) is 8.35. The molecule has 1 atom stereocenters. The number of halogens is 1. The number of rotatable bonds is 3. The lowest BCUT2D eigenvalue weighted by atomic mass is 9.86. The van der Waals surface area contributed by atoms with Crippen LogP contribution in [0, 0.1) is 0 Å². The third-order valence-corrected chi connectivity index (χ3v) is 4.93. The van der Waals surface area contributed by atoms with Crippen LogP contribution in [0.2, 0.25) is 5.02 Å². The number of carbonyl (C=O) groups is 1. The zero-order chi connectivity index (χ0) is 18.0. The van der Waals surface area contributed by atoms with E-state index < -0.39 is 0 Å². The van der Waals surface area contributed by atoms with E-state index in [1.807, 2.05) is 19.1 Å². The van der Waals surface area contributed by atoms with Crippen molar-refractivity contribution in [2.75, 3.05) is 19.6 Å². The lowest BCUT2D eigenvalue weighted by Crippen LogP contribution is -2.24. The van der Waals surface area contributed by atoms with Crippen molar-refractivity contribution < 1.29 is 15.0 Å². The number of fused-ring (bicyclic) bond motifs is 1. The number of carbonyl (C=O) groups excluding carboxylic acids is 1. The van der Waals surface area contributed by atoms with Gasteiger partial charge in [0.05, 0.1) is 10.6 Å². The molecular weight excluding hydrogens is 340 g/mol. The largest absolute Gasteiger partial charge is 0.508 e. The van der Waals surface area contributed by atoms with Gasteiger partial charge in [0.2, 0.25) is 0 Å². The van der Waals surface area contributed by atoms with Crippen LogP contribution in [0.15, 0.2) is 30.3 Å². The van der Waals surface area contributed by atoms with Crippen molar-refractivity contribution in [3.05, 3.63) is 57.6 Å². The Kier molecular flexibility index (Phi) is 5.16. The topological polar surface area (TPSA) is 81.6 Å². The van der Waals surface area contributed by atoms with E-state index in [0.717, 1.165) is 23.2 Å². The lowest BCUT2D eigenvalue weighted by Gasteiger charge is -2.21. The number of hydrogen-bond donors (Lipinski definition) is 4. The highest BCUT2D eigenvalue weighted by Crippen LogP contribution is 2.39. The van der Waals surface area contributed by atoms with E-state index in [1.54, 1.807) is 18.2 Å². The Morgan fingerprint density at radius 1 is 1.32 bits per heavy atom. The molecule has 2 aromatic rings. The molecule has 4 N–H and O–H groups in total. The summed E-state index contributed by atoms with van der Waals surface area (Å²) in [5, 5.41) is 26.3. The fourth-order valence-electron chi connectivity index (χ4n) is 3.30. The molecule has 0 saturated carbocycles. The maximum atomic E-state index is 12.2. The van der Waals surface area contributed by atoms with Crippen LogP contribution in [0.4, 0.5) is 0 Å². The molecule has 25 heavy (non-hydrogen) atoms. The van der Waals surface area contributed by atoms with Crippen LogP contribution in [-0.2, 0) is 6.42 Å². The van der Waals surface area contributed by atoms with Crippen molar-refractivity contribution >= 4 is 17.5 Å². The highest BCUT2D eigenvalue weighted by molar-refractivity contribution is 6.35. The molecule has 1 heterocycles. The van der Waals surface area contributed by atoms with Crippen molar-refractivity contribution in [3.8, 4) is 11.5 Å². The SMILES string of the molecule is CCNC(=O)c1c(O)cc2c(c1Cl)CCNC[C@@H]2c1ccc(O)cc1. The quantitative estimate of drug-likeness (QED) is 0.678. The molecule has 0 unspecified atom stereocenters. The summed E-state index contributed by atoms with van der Waals surface area (Å²) in [5.74, 6) is -0.297. The van der Waals surface area contributed by atoms with E-state index in [0.29, 0.717) is 24.5 Å². The van der Waals surface area contributed by atoms with E-state index in [-0.39, 0.29) is 28.9 Å². The molecule has 0 fully saturated rings. The minimum absolute atomic E-state index is 0.0233. The van der Waals surface area contributed by atoms with Crippen molar-refractivity contribution in [3.63, 3.8) is 0 Å². The average molecular weight is 361 g/mol. The predicted molar refractivity (Wildman–Crippen MR) is 97.6 cm³/mol. The minimum atomic E-state index is -0.369. The number of phenols is 2. The average Bonchev–Trinajstić information content (AvgIpc) is 2.78. The van der Waals surface area contributed by atoms with Gasteiger partial charge in [0.25, 0.3) is 5.91 Å². The fraction of sp³-hybridized carbons (Fsp3) is 0.316. The van der Waals surface area contributed by atoms with Crippen LogP contribution in [0.5, 0.6) is 11.5 Å². The zero-order valence-corrected chi connectivity index (χ0v) is 14.7. The Balaban J connectivity index is 2.12. The van der Waals surface area contributed by atoms with Gasteiger partial charge in [-0.15, -0.1) is 0 Å².